The topological polar surface area (TPSA) is 190 Å². The Morgan fingerprint density at radius 1 is 0.755 bits per heavy atom. The van der Waals surface area contributed by atoms with Crippen LogP contribution in [0.2, 0.25) is 0 Å². The number of hydrogen-bond acceptors (Lipinski definition) is 15. The fourth-order valence-corrected chi connectivity index (χ4v) is 5.49. The molecule has 2 aliphatic rings. The minimum Gasteiger partial charge on any atom is -0.463 e. The summed E-state index contributed by atoms with van der Waals surface area (Å²) in [5.41, 5.74) is 0.884. The zero-order valence-electron chi connectivity index (χ0n) is 28.4. The zero-order chi connectivity index (χ0) is 36.1. The van der Waals surface area contributed by atoms with Gasteiger partial charge in [-0.25, -0.2) is 0 Å². The van der Waals surface area contributed by atoms with Gasteiger partial charge in [-0.05, 0) is 5.56 Å². The number of esters is 4. The van der Waals surface area contributed by atoms with E-state index in [-0.39, 0.29) is 19.8 Å². The highest BCUT2D eigenvalue weighted by Crippen LogP contribution is 2.34. The Bertz CT molecular complexity index is 1280. The predicted octanol–water partition coefficient (Wildman–Crippen LogP) is 1.12. The Kier molecular flexibility index (Phi) is 15.6. The van der Waals surface area contributed by atoms with Crippen molar-refractivity contribution in [3.05, 3.63) is 48.6 Å². The SMILES string of the molecule is C=CCO[C@@H]1[C@@H](NC(C)=O)[C@H](OC)O[C@H](COCc2ccccc2)[C@H]1O[C@@H]1O[C@H](COC(C)=O)[C@H](OC(C)=O)[C@H](OC(C)=O)[C@H]1OC(C)=O. The van der Waals surface area contributed by atoms with Crippen molar-refractivity contribution in [2.24, 2.45) is 0 Å². The molecule has 272 valence electrons. The van der Waals surface area contributed by atoms with Crippen LogP contribution in [0.4, 0.5) is 0 Å². The molecule has 2 fully saturated rings. The monoisotopic (exact) mass is 695 g/mol. The van der Waals surface area contributed by atoms with E-state index in [1.165, 1.54) is 20.1 Å². The fourth-order valence-electron chi connectivity index (χ4n) is 5.49. The molecule has 1 aromatic rings. The Morgan fingerprint density at radius 2 is 1.35 bits per heavy atom. The van der Waals surface area contributed by atoms with Crippen molar-refractivity contribution >= 4 is 29.8 Å². The average Bonchev–Trinajstić information content (AvgIpc) is 3.03. The van der Waals surface area contributed by atoms with Crippen LogP contribution in [0.3, 0.4) is 0 Å². The van der Waals surface area contributed by atoms with Gasteiger partial charge in [0.1, 0.15) is 37.1 Å². The molecule has 0 bridgehead atoms. The van der Waals surface area contributed by atoms with Gasteiger partial charge in [0.05, 0.1) is 19.8 Å². The fraction of sp³-hybridized carbons (Fsp3) is 0.606. The van der Waals surface area contributed by atoms with Gasteiger partial charge < -0.3 is 52.7 Å². The second-order valence-electron chi connectivity index (χ2n) is 11.3. The number of carbonyl (C=O) groups is 5. The molecule has 0 aromatic heterocycles. The number of carbonyl (C=O) groups excluding carboxylic acids is 5. The molecule has 0 spiro atoms. The lowest BCUT2D eigenvalue weighted by molar-refractivity contribution is -0.351. The standard InChI is InChI=1S/C33H45NO15/c1-8-14-42-29-26(34-18(2)35)32(40-7)47-24(16-41-15-23-12-10-9-11-13-23)27(29)49-33-31(46-22(6)39)30(45-21(5)38)28(44-20(4)37)25(48-33)17-43-19(3)36/h8-13,24-33H,1,14-17H2,2-7H3,(H,34,35)/t24-,25-,26-,27-,28+,29-,30+,31-,32-,33+/m1/s1. The van der Waals surface area contributed by atoms with E-state index in [9.17, 15) is 24.0 Å². The third-order valence-electron chi connectivity index (χ3n) is 7.29. The van der Waals surface area contributed by atoms with Crippen molar-refractivity contribution in [2.75, 3.05) is 26.9 Å². The summed E-state index contributed by atoms with van der Waals surface area (Å²) in [6.45, 7) is 9.21. The van der Waals surface area contributed by atoms with Crippen LogP contribution in [0.15, 0.2) is 43.0 Å². The number of methoxy groups -OCH3 is 1. The summed E-state index contributed by atoms with van der Waals surface area (Å²) in [7, 11) is 1.40. The molecule has 0 unspecified atom stereocenters. The Labute approximate surface area is 284 Å². The number of benzene rings is 1. The molecule has 3 rings (SSSR count). The third-order valence-corrected chi connectivity index (χ3v) is 7.29. The first-order chi connectivity index (χ1) is 23.3. The maximum absolute atomic E-state index is 12.4. The highest BCUT2D eigenvalue weighted by Gasteiger charge is 2.56. The molecule has 1 amide bonds. The summed E-state index contributed by atoms with van der Waals surface area (Å²) in [5.74, 6) is -3.49. The highest BCUT2D eigenvalue weighted by molar-refractivity contribution is 5.73. The number of amides is 1. The first-order valence-electron chi connectivity index (χ1n) is 15.6. The lowest BCUT2D eigenvalue weighted by atomic mass is 9.94. The van der Waals surface area contributed by atoms with Crippen molar-refractivity contribution < 1.29 is 71.3 Å². The minimum absolute atomic E-state index is 0.00715. The number of ether oxygens (including phenoxy) is 10. The van der Waals surface area contributed by atoms with Crippen molar-refractivity contribution in [3.63, 3.8) is 0 Å². The Hall–Kier alpha value is -3.93. The molecule has 49 heavy (non-hydrogen) atoms. The molecule has 1 aromatic carbocycles. The minimum atomic E-state index is -1.57. The van der Waals surface area contributed by atoms with Crippen LogP contribution in [0.25, 0.3) is 0 Å². The molecule has 2 heterocycles. The summed E-state index contributed by atoms with van der Waals surface area (Å²) < 4.78 is 58.5. The zero-order valence-corrected chi connectivity index (χ0v) is 28.4. The second-order valence-corrected chi connectivity index (χ2v) is 11.3. The quantitative estimate of drug-likeness (QED) is 0.147. The molecule has 0 radical (unpaired) electrons. The third kappa shape index (κ3) is 11.9. The summed E-state index contributed by atoms with van der Waals surface area (Å²) in [4.78, 5) is 61.0. The summed E-state index contributed by atoms with van der Waals surface area (Å²) in [6.07, 6.45) is -9.90. The Balaban J connectivity index is 2.09. The van der Waals surface area contributed by atoms with Gasteiger partial charge in [-0.3, -0.25) is 24.0 Å². The van der Waals surface area contributed by atoms with Crippen LogP contribution in [0.1, 0.15) is 40.2 Å². The summed E-state index contributed by atoms with van der Waals surface area (Å²) in [6, 6.07) is 8.43. The van der Waals surface area contributed by atoms with Gasteiger partial charge in [0.2, 0.25) is 5.91 Å². The van der Waals surface area contributed by atoms with E-state index < -0.39 is 97.7 Å². The molecule has 2 aliphatic heterocycles. The van der Waals surface area contributed by atoms with Crippen LogP contribution in [0.5, 0.6) is 0 Å². The molecular formula is C33H45NO15. The highest BCUT2D eigenvalue weighted by atomic mass is 16.8. The number of hydrogen-bond donors (Lipinski definition) is 1. The van der Waals surface area contributed by atoms with Gasteiger partial charge in [0.15, 0.2) is 30.9 Å². The maximum atomic E-state index is 12.4. The van der Waals surface area contributed by atoms with E-state index in [0.717, 1.165) is 33.3 Å². The van der Waals surface area contributed by atoms with Crippen LogP contribution < -0.4 is 5.32 Å². The van der Waals surface area contributed by atoms with Crippen LogP contribution in [-0.2, 0) is 77.9 Å². The predicted molar refractivity (Wildman–Crippen MR) is 166 cm³/mol. The van der Waals surface area contributed by atoms with E-state index in [2.05, 4.69) is 11.9 Å². The lowest BCUT2D eigenvalue weighted by Crippen LogP contribution is -2.68. The molecule has 16 heteroatoms. The molecule has 1 N–H and O–H groups in total. The van der Waals surface area contributed by atoms with E-state index >= 15 is 0 Å². The normalized spacial score (nSPS) is 29.6. The van der Waals surface area contributed by atoms with Gasteiger partial charge in [0, 0.05) is 41.7 Å². The van der Waals surface area contributed by atoms with Crippen molar-refractivity contribution in [1.29, 1.82) is 0 Å². The van der Waals surface area contributed by atoms with E-state index in [1.54, 1.807) is 0 Å². The van der Waals surface area contributed by atoms with Crippen molar-refractivity contribution in [2.45, 2.75) is 103 Å². The van der Waals surface area contributed by atoms with Gasteiger partial charge in [0.25, 0.3) is 0 Å². The molecular weight excluding hydrogens is 650 g/mol. The number of rotatable bonds is 16. The average molecular weight is 696 g/mol. The van der Waals surface area contributed by atoms with Crippen LogP contribution in [-0.4, -0.2) is 118 Å². The van der Waals surface area contributed by atoms with Gasteiger partial charge in [-0.2, -0.15) is 0 Å². The first-order valence-corrected chi connectivity index (χ1v) is 15.6. The first kappa shape index (κ1) is 39.5. The Morgan fingerprint density at radius 3 is 1.92 bits per heavy atom. The van der Waals surface area contributed by atoms with E-state index in [0.29, 0.717) is 0 Å². The molecule has 0 aliphatic carbocycles. The largest absolute Gasteiger partial charge is 0.463 e. The molecule has 0 saturated carbocycles. The number of nitrogens with one attached hydrogen (secondary N) is 1. The summed E-state index contributed by atoms with van der Waals surface area (Å²) in [5, 5.41) is 2.78. The summed E-state index contributed by atoms with van der Waals surface area (Å²) >= 11 is 0. The van der Waals surface area contributed by atoms with E-state index in [4.69, 9.17) is 47.4 Å². The maximum Gasteiger partial charge on any atom is 0.303 e. The van der Waals surface area contributed by atoms with Gasteiger partial charge in [-0.15, -0.1) is 6.58 Å². The van der Waals surface area contributed by atoms with Crippen LogP contribution >= 0.6 is 0 Å². The second kappa shape index (κ2) is 19.3. The lowest BCUT2D eigenvalue weighted by Gasteiger charge is -2.49. The van der Waals surface area contributed by atoms with E-state index in [1.807, 2.05) is 30.3 Å². The smallest absolute Gasteiger partial charge is 0.303 e. The van der Waals surface area contributed by atoms with Crippen LogP contribution in [0, 0.1) is 0 Å². The van der Waals surface area contributed by atoms with Crippen molar-refractivity contribution in [3.8, 4) is 0 Å². The molecule has 16 nitrogen and oxygen atoms in total. The van der Waals surface area contributed by atoms with Gasteiger partial charge in [-0.1, -0.05) is 36.4 Å². The molecule has 10 atom stereocenters. The molecule has 2 saturated heterocycles. The van der Waals surface area contributed by atoms with Crippen molar-refractivity contribution in [1.82, 2.24) is 5.32 Å². The van der Waals surface area contributed by atoms with Gasteiger partial charge >= 0.3 is 23.9 Å².